The van der Waals surface area contributed by atoms with E-state index >= 15 is 0 Å². The first-order chi connectivity index (χ1) is 7.11. The van der Waals surface area contributed by atoms with Crippen molar-refractivity contribution in [2.24, 2.45) is 5.73 Å². The lowest BCUT2D eigenvalue weighted by Gasteiger charge is -2.14. The molecule has 0 saturated heterocycles. The first-order valence-electron chi connectivity index (χ1n) is 4.74. The summed E-state index contributed by atoms with van der Waals surface area (Å²) >= 11 is 0. The van der Waals surface area contributed by atoms with E-state index in [0.717, 1.165) is 0 Å². The molecule has 0 saturated carbocycles. The normalized spacial score (nSPS) is 14.3. The van der Waals surface area contributed by atoms with Gasteiger partial charge in [0, 0.05) is 18.8 Å². The highest BCUT2D eigenvalue weighted by Crippen LogP contribution is 1.93. The van der Waals surface area contributed by atoms with Crippen molar-refractivity contribution in [3.05, 3.63) is 30.1 Å². The molecule has 82 valence electrons. The van der Waals surface area contributed by atoms with Gasteiger partial charge >= 0.3 is 0 Å². The van der Waals surface area contributed by atoms with E-state index in [-0.39, 0.29) is 12.5 Å². The van der Waals surface area contributed by atoms with E-state index in [0.29, 0.717) is 5.69 Å². The minimum Gasteiger partial charge on any atom is -0.392 e. The third-order valence-electron chi connectivity index (χ3n) is 2.02. The number of nitrogens with zero attached hydrogens (tertiary/aromatic N) is 1. The maximum Gasteiger partial charge on any atom is 0.269 e. The molecule has 5 heteroatoms. The number of nitrogens with one attached hydrogen (secondary N) is 1. The van der Waals surface area contributed by atoms with Gasteiger partial charge in [0.15, 0.2) is 0 Å². The zero-order chi connectivity index (χ0) is 11.3. The van der Waals surface area contributed by atoms with Gasteiger partial charge in [-0.25, -0.2) is 0 Å². The topological polar surface area (TPSA) is 88.2 Å². The van der Waals surface area contributed by atoms with Crippen molar-refractivity contribution in [3.63, 3.8) is 0 Å². The number of hydrogen-bond acceptors (Lipinski definition) is 4. The summed E-state index contributed by atoms with van der Waals surface area (Å²) in [4.78, 5) is 15.3. The number of amides is 1. The molecule has 4 N–H and O–H groups in total. The summed E-state index contributed by atoms with van der Waals surface area (Å²) in [6, 6.07) is 4.62. The van der Waals surface area contributed by atoms with E-state index in [1.807, 2.05) is 0 Å². The molecule has 0 aliphatic heterocycles. The fourth-order valence-corrected chi connectivity index (χ4v) is 0.969. The number of aliphatic hydroxyl groups excluding tert-OH is 1. The molecule has 1 aromatic heterocycles. The monoisotopic (exact) mass is 209 g/mol. The quantitative estimate of drug-likeness (QED) is 0.625. The molecule has 0 bridgehead atoms. The highest BCUT2D eigenvalue weighted by atomic mass is 16.3. The SMILES string of the molecule is CC(O)C(N)CNC(=O)c1ccccn1. The van der Waals surface area contributed by atoms with Crippen LogP contribution in [0.25, 0.3) is 0 Å². The predicted molar refractivity (Wildman–Crippen MR) is 56.2 cm³/mol. The Kier molecular flexibility index (Phi) is 4.20. The number of aromatic nitrogens is 1. The minimum atomic E-state index is -0.644. The summed E-state index contributed by atoms with van der Waals surface area (Å²) in [5.74, 6) is -0.285. The van der Waals surface area contributed by atoms with Crippen molar-refractivity contribution in [3.8, 4) is 0 Å². The molecular formula is C10H15N3O2. The zero-order valence-corrected chi connectivity index (χ0v) is 8.55. The second kappa shape index (κ2) is 5.43. The van der Waals surface area contributed by atoms with E-state index in [4.69, 9.17) is 10.8 Å². The maximum absolute atomic E-state index is 11.5. The van der Waals surface area contributed by atoms with Crippen LogP contribution >= 0.6 is 0 Å². The molecule has 1 rings (SSSR count). The lowest BCUT2D eigenvalue weighted by molar-refractivity contribution is 0.0932. The van der Waals surface area contributed by atoms with Gasteiger partial charge in [0.05, 0.1) is 6.10 Å². The lowest BCUT2D eigenvalue weighted by atomic mass is 10.2. The van der Waals surface area contributed by atoms with Crippen LogP contribution in [-0.4, -0.2) is 34.7 Å². The molecule has 0 fully saturated rings. The van der Waals surface area contributed by atoms with E-state index in [2.05, 4.69) is 10.3 Å². The first-order valence-corrected chi connectivity index (χ1v) is 4.74. The summed E-state index contributed by atoms with van der Waals surface area (Å²) < 4.78 is 0. The van der Waals surface area contributed by atoms with Gasteiger partial charge in [-0.1, -0.05) is 6.07 Å². The average Bonchev–Trinajstić information content (AvgIpc) is 2.26. The second-order valence-electron chi connectivity index (χ2n) is 3.33. The Morgan fingerprint density at radius 1 is 1.67 bits per heavy atom. The summed E-state index contributed by atoms with van der Waals surface area (Å²) in [7, 11) is 0. The molecule has 5 nitrogen and oxygen atoms in total. The highest BCUT2D eigenvalue weighted by Gasteiger charge is 2.11. The molecule has 0 aromatic carbocycles. The van der Waals surface area contributed by atoms with Crippen molar-refractivity contribution in [1.29, 1.82) is 0 Å². The van der Waals surface area contributed by atoms with Gasteiger partial charge in [0.25, 0.3) is 5.91 Å². The third kappa shape index (κ3) is 3.65. The van der Waals surface area contributed by atoms with Gasteiger partial charge in [-0.3, -0.25) is 9.78 Å². The summed E-state index contributed by atoms with van der Waals surface area (Å²) in [6.45, 7) is 1.81. The lowest BCUT2D eigenvalue weighted by Crippen LogP contribution is -2.43. The van der Waals surface area contributed by atoms with Gasteiger partial charge in [0.1, 0.15) is 5.69 Å². The van der Waals surface area contributed by atoms with Crippen LogP contribution in [0.5, 0.6) is 0 Å². The van der Waals surface area contributed by atoms with Gasteiger partial charge in [-0.15, -0.1) is 0 Å². The third-order valence-corrected chi connectivity index (χ3v) is 2.02. The van der Waals surface area contributed by atoms with Crippen molar-refractivity contribution in [2.75, 3.05) is 6.54 Å². The summed E-state index contributed by atoms with van der Waals surface area (Å²) in [6.07, 6.45) is 0.901. The fourth-order valence-electron chi connectivity index (χ4n) is 0.969. The van der Waals surface area contributed by atoms with Crippen molar-refractivity contribution in [1.82, 2.24) is 10.3 Å². The Bertz CT molecular complexity index is 314. The molecular weight excluding hydrogens is 194 g/mol. The molecule has 0 aliphatic carbocycles. The van der Waals surface area contributed by atoms with Gasteiger partial charge in [0.2, 0.25) is 0 Å². The van der Waals surface area contributed by atoms with Gasteiger partial charge in [-0.05, 0) is 19.1 Å². The van der Waals surface area contributed by atoms with Crippen LogP contribution in [0.3, 0.4) is 0 Å². The summed E-state index contributed by atoms with van der Waals surface area (Å²) in [5.41, 5.74) is 5.90. The Balaban J connectivity index is 2.44. The highest BCUT2D eigenvalue weighted by molar-refractivity contribution is 5.92. The maximum atomic E-state index is 11.5. The van der Waals surface area contributed by atoms with Crippen LogP contribution < -0.4 is 11.1 Å². The number of nitrogens with two attached hydrogens (primary N) is 1. The first kappa shape index (κ1) is 11.6. The van der Waals surface area contributed by atoms with Crippen LogP contribution in [0, 0.1) is 0 Å². The Morgan fingerprint density at radius 3 is 2.93 bits per heavy atom. The van der Waals surface area contributed by atoms with E-state index < -0.39 is 12.1 Å². The number of rotatable bonds is 4. The van der Waals surface area contributed by atoms with E-state index in [9.17, 15) is 4.79 Å². The molecule has 0 radical (unpaired) electrons. The van der Waals surface area contributed by atoms with Crippen molar-refractivity contribution < 1.29 is 9.90 Å². The Morgan fingerprint density at radius 2 is 2.40 bits per heavy atom. The Hall–Kier alpha value is -1.46. The minimum absolute atomic E-state index is 0.229. The number of aliphatic hydroxyl groups is 1. The van der Waals surface area contributed by atoms with Crippen LogP contribution in [0.2, 0.25) is 0 Å². The molecule has 0 spiro atoms. The molecule has 2 atom stereocenters. The zero-order valence-electron chi connectivity index (χ0n) is 8.55. The molecule has 15 heavy (non-hydrogen) atoms. The average molecular weight is 209 g/mol. The van der Waals surface area contributed by atoms with Crippen molar-refractivity contribution in [2.45, 2.75) is 19.1 Å². The molecule has 1 amide bonds. The standard InChI is InChI=1S/C10H15N3O2/c1-7(14)8(11)6-13-10(15)9-4-2-3-5-12-9/h2-5,7-8,14H,6,11H2,1H3,(H,13,15). The molecule has 0 aliphatic rings. The van der Waals surface area contributed by atoms with E-state index in [1.165, 1.54) is 0 Å². The van der Waals surface area contributed by atoms with Gasteiger partial charge < -0.3 is 16.2 Å². The second-order valence-corrected chi connectivity index (χ2v) is 3.33. The number of pyridine rings is 1. The fraction of sp³-hybridized carbons (Fsp3) is 0.400. The molecule has 1 aromatic rings. The number of carbonyl (C=O) groups excluding carboxylic acids is 1. The molecule has 2 unspecified atom stereocenters. The van der Waals surface area contributed by atoms with Crippen LogP contribution in [0.15, 0.2) is 24.4 Å². The van der Waals surface area contributed by atoms with Crippen LogP contribution in [0.4, 0.5) is 0 Å². The van der Waals surface area contributed by atoms with Crippen molar-refractivity contribution >= 4 is 5.91 Å². The van der Waals surface area contributed by atoms with Gasteiger partial charge in [-0.2, -0.15) is 0 Å². The van der Waals surface area contributed by atoms with Crippen LogP contribution in [0.1, 0.15) is 17.4 Å². The molecule has 1 heterocycles. The number of hydrogen-bond donors (Lipinski definition) is 3. The summed E-state index contributed by atoms with van der Waals surface area (Å²) in [5, 5.41) is 11.7. The number of carbonyl (C=O) groups is 1. The van der Waals surface area contributed by atoms with Crippen LogP contribution in [-0.2, 0) is 0 Å². The smallest absolute Gasteiger partial charge is 0.269 e. The van der Waals surface area contributed by atoms with E-state index in [1.54, 1.807) is 31.3 Å². The largest absolute Gasteiger partial charge is 0.392 e. The predicted octanol–water partition coefficient (Wildman–Crippen LogP) is -0.480. The Labute approximate surface area is 88.3 Å².